The number of thiophene rings is 1. The minimum Gasteiger partial charge on any atom is -0.310 e. The molecule has 10 aromatic carbocycles. The smallest absolute Gasteiger partial charge is 0.0754 e. The summed E-state index contributed by atoms with van der Waals surface area (Å²) >= 11 is 1.89. The highest BCUT2D eigenvalue weighted by Crippen LogP contribution is 2.62. The van der Waals surface area contributed by atoms with Crippen LogP contribution in [0.2, 0.25) is 0 Å². The lowest BCUT2D eigenvalue weighted by Gasteiger charge is -2.39. The fourth-order valence-electron chi connectivity index (χ4n) is 12.5. The molecule has 0 bridgehead atoms. The van der Waals surface area contributed by atoms with Crippen molar-refractivity contribution >= 4 is 87.4 Å². The van der Waals surface area contributed by atoms with Gasteiger partial charge in [0.2, 0.25) is 0 Å². The van der Waals surface area contributed by atoms with E-state index in [0.29, 0.717) is 0 Å². The Balaban J connectivity index is 0.993. The fourth-order valence-corrected chi connectivity index (χ4v) is 13.8. The molecular formula is C69H55N3S. The van der Waals surface area contributed by atoms with Crippen molar-refractivity contribution in [1.82, 2.24) is 4.57 Å². The van der Waals surface area contributed by atoms with E-state index in [4.69, 9.17) is 0 Å². The van der Waals surface area contributed by atoms with Crippen molar-refractivity contribution in [3.63, 3.8) is 0 Å². The zero-order valence-corrected chi connectivity index (χ0v) is 42.9. The largest absolute Gasteiger partial charge is 0.310 e. The van der Waals surface area contributed by atoms with Crippen LogP contribution in [0.25, 0.3) is 58.8 Å². The van der Waals surface area contributed by atoms with Crippen molar-refractivity contribution in [1.29, 1.82) is 0 Å². The highest BCUT2D eigenvalue weighted by molar-refractivity contribution is 7.26. The summed E-state index contributed by atoms with van der Waals surface area (Å²) in [5.74, 6) is 0. The summed E-state index contributed by atoms with van der Waals surface area (Å²) in [5.41, 5.74) is 20.5. The molecule has 0 saturated heterocycles. The van der Waals surface area contributed by atoms with Gasteiger partial charge < -0.3 is 14.4 Å². The Labute approximate surface area is 431 Å². The molecule has 0 radical (unpaired) electrons. The van der Waals surface area contributed by atoms with Gasteiger partial charge in [0.25, 0.3) is 0 Å². The van der Waals surface area contributed by atoms with Crippen LogP contribution < -0.4 is 9.80 Å². The van der Waals surface area contributed by atoms with Gasteiger partial charge in [-0.05, 0) is 134 Å². The highest BCUT2D eigenvalue weighted by atomic mass is 32.1. The molecule has 2 aromatic heterocycles. The average Bonchev–Trinajstić information content (AvgIpc) is 4.07. The van der Waals surface area contributed by atoms with E-state index in [1.807, 2.05) is 11.3 Å². The van der Waals surface area contributed by atoms with Crippen LogP contribution in [0.15, 0.2) is 224 Å². The zero-order chi connectivity index (χ0) is 49.4. The normalized spacial score (nSPS) is 14.8. The van der Waals surface area contributed by atoms with Crippen LogP contribution in [-0.4, -0.2) is 4.57 Å². The molecule has 4 heteroatoms. The topological polar surface area (TPSA) is 11.4 Å². The van der Waals surface area contributed by atoms with Gasteiger partial charge in [-0.1, -0.05) is 187 Å². The molecule has 73 heavy (non-hydrogen) atoms. The van der Waals surface area contributed by atoms with E-state index in [1.54, 1.807) is 0 Å². The molecule has 0 N–H and O–H groups in total. The maximum Gasteiger partial charge on any atom is 0.0754 e. The van der Waals surface area contributed by atoms with E-state index in [2.05, 4.69) is 280 Å². The van der Waals surface area contributed by atoms with Gasteiger partial charge in [-0.15, -0.1) is 11.3 Å². The third-order valence-electron chi connectivity index (χ3n) is 15.9. The first-order chi connectivity index (χ1) is 35.5. The molecule has 352 valence electrons. The summed E-state index contributed by atoms with van der Waals surface area (Å²) in [4.78, 5) is 4.99. The molecular weight excluding hydrogens is 903 g/mol. The number of para-hydroxylation sites is 4. The number of benzene rings is 10. The van der Waals surface area contributed by atoms with Crippen molar-refractivity contribution < 1.29 is 0 Å². The summed E-state index contributed by atoms with van der Waals surface area (Å²) < 4.78 is 5.03. The van der Waals surface area contributed by atoms with Crippen LogP contribution in [0.4, 0.5) is 34.1 Å². The number of nitrogens with zero attached hydrogens (tertiary/aromatic N) is 3. The Morgan fingerprint density at radius 3 is 1.71 bits per heavy atom. The highest BCUT2D eigenvalue weighted by Gasteiger charge is 2.51. The summed E-state index contributed by atoms with van der Waals surface area (Å²) in [6.45, 7) is 13.8. The molecule has 0 fully saturated rings. The first kappa shape index (κ1) is 43.6. The van der Waals surface area contributed by atoms with Crippen LogP contribution in [-0.2, 0) is 16.2 Å². The number of anilines is 6. The number of aromatic nitrogens is 1. The first-order valence-electron chi connectivity index (χ1n) is 25.7. The van der Waals surface area contributed by atoms with Crippen molar-refractivity contribution in [3.8, 4) is 16.8 Å². The molecule has 0 amide bonds. The van der Waals surface area contributed by atoms with E-state index < -0.39 is 5.41 Å². The Bertz CT molecular complexity index is 4140. The van der Waals surface area contributed by atoms with Crippen molar-refractivity contribution in [2.24, 2.45) is 0 Å². The Morgan fingerprint density at radius 2 is 0.945 bits per heavy atom. The van der Waals surface area contributed by atoms with Gasteiger partial charge in [0.15, 0.2) is 0 Å². The van der Waals surface area contributed by atoms with Gasteiger partial charge in [0.05, 0.1) is 38.2 Å². The molecule has 2 aliphatic rings. The van der Waals surface area contributed by atoms with Crippen molar-refractivity contribution in [2.45, 2.75) is 57.8 Å². The minimum atomic E-state index is -0.519. The minimum absolute atomic E-state index is 0.0116. The molecule has 1 unspecified atom stereocenters. The van der Waals surface area contributed by atoms with Crippen LogP contribution in [0.3, 0.4) is 0 Å². The first-order valence-corrected chi connectivity index (χ1v) is 26.5. The fraction of sp³-hybridized carbons (Fsp3) is 0.130. The van der Waals surface area contributed by atoms with Crippen LogP contribution >= 0.6 is 11.3 Å². The number of hydrogen-bond acceptors (Lipinski definition) is 3. The summed E-state index contributed by atoms with van der Waals surface area (Å²) in [6, 6.07) is 84.6. The van der Waals surface area contributed by atoms with Crippen LogP contribution in [0, 0.1) is 0 Å². The summed E-state index contributed by atoms with van der Waals surface area (Å²) in [7, 11) is 0. The molecule has 14 rings (SSSR count). The number of fused-ring (bicyclic) bond motifs is 15. The molecule has 1 aliphatic carbocycles. The second kappa shape index (κ2) is 15.9. The molecule has 1 atom stereocenters. The van der Waals surface area contributed by atoms with Crippen molar-refractivity contribution in [3.05, 3.63) is 258 Å². The van der Waals surface area contributed by atoms with Crippen LogP contribution in [0.5, 0.6) is 0 Å². The SMILES string of the molecule is CC(C)(C)c1cccc(N(c2cccc(C(C)(C)C)c2)c2cccc3sc4c(N(c5ccccc5)c5ccc6c(c5)-c5ccccc5C65c6ccccc6-n6c7ccccc7c7cccc5c76)cccc4c23)c1. The van der Waals surface area contributed by atoms with Gasteiger partial charge in [-0.25, -0.2) is 0 Å². The third-order valence-corrected chi connectivity index (χ3v) is 17.0. The second-order valence-corrected chi connectivity index (χ2v) is 23.2. The number of hydrogen-bond donors (Lipinski definition) is 0. The van der Waals surface area contributed by atoms with Gasteiger partial charge in [0, 0.05) is 49.0 Å². The zero-order valence-electron chi connectivity index (χ0n) is 42.1. The Morgan fingerprint density at radius 1 is 0.397 bits per heavy atom. The Kier molecular flexibility index (Phi) is 9.50. The predicted molar refractivity (Wildman–Crippen MR) is 311 cm³/mol. The van der Waals surface area contributed by atoms with Crippen LogP contribution in [0.1, 0.15) is 74.9 Å². The lowest BCUT2D eigenvalue weighted by molar-refractivity contribution is 0.590. The van der Waals surface area contributed by atoms with E-state index >= 15 is 0 Å². The quantitative estimate of drug-likeness (QED) is 0.165. The van der Waals surface area contributed by atoms with E-state index in [0.717, 1.165) is 28.4 Å². The van der Waals surface area contributed by atoms with E-state index in [-0.39, 0.29) is 10.8 Å². The maximum atomic E-state index is 2.52. The summed E-state index contributed by atoms with van der Waals surface area (Å²) in [5, 5.41) is 5.07. The maximum absolute atomic E-state index is 2.52. The van der Waals surface area contributed by atoms with Gasteiger partial charge >= 0.3 is 0 Å². The third kappa shape index (κ3) is 6.36. The van der Waals surface area contributed by atoms with Gasteiger partial charge in [-0.2, -0.15) is 0 Å². The molecule has 3 nitrogen and oxygen atoms in total. The van der Waals surface area contributed by atoms with Gasteiger partial charge in [-0.3, -0.25) is 0 Å². The predicted octanol–water partition coefficient (Wildman–Crippen LogP) is 19.4. The molecule has 3 heterocycles. The Hall–Kier alpha value is -8.18. The summed E-state index contributed by atoms with van der Waals surface area (Å²) in [6.07, 6.45) is 0. The standard InChI is InChI=1S/C69H55N3S/c1-67(2,3)44-21-16-25-47(41-44)71(48-26-17-22-45(42-48)68(4,5)6)61-36-20-38-63-64(61)53-30-19-37-62(66(53)73-63)70(46-23-8-7-9-24-46)49-39-40-56-54(43-49)50-27-10-12-31-55(50)69(56)57-32-13-15-35-60(57)72-59-34-14-11-28-51(59)52-29-18-33-58(69)65(52)72/h7-43H,1-6H3. The average molecular weight is 958 g/mol. The van der Waals surface area contributed by atoms with Crippen molar-refractivity contribution in [2.75, 3.05) is 9.80 Å². The second-order valence-electron chi connectivity index (χ2n) is 22.1. The molecule has 1 spiro atoms. The van der Waals surface area contributed by atoms with E-state index in [1.165, 1.54) is 97.9 Å². The monoisotopic (exact) mass is 957 g/mol. The molecule has 12 aromatic rings. The van der Waals surface area contributed by atoms with Gasteiger partial charge in [0.1, 0.15) is 0 Å². The molecule has 0 saturated carbocycles. The lowest BCUT2D eigenvalue weighted by atomic mass is 9.65. The number of rotatable bonds is 6. The lowest BCUT2D eigenvalue weighted by Crippen LogP contribution is -2.33. The molecule has 1 aliphatic heterocycles. The van der Waals surface area contributed by atoms with E-state index in [9.17, 15) is 0 Å².